The van der Waals surface area contributed by atoms with Gasteiger partial charge in [0, 0.05) is 25.0 Å². The zero-order valence-corrected chi connectivity index (χ0v) is 10.7. The lowest BCUT2D eigenvalue weighted by Crippen LogP contribution is -1.98. The van der Waals surface area contributed by atoms with Gasteiger partial charge in [0.2, 0.25) is 0 Å². The van der Waals surface area contributed by atoms with Crippen LogP contribution in [0.15, 0.2) is 28.5 Å². The first-order valence-corrected chi connectivity index (χ1v) is 6.00. The lowest BCUT2D eigenvalue weighted by atomic mass is 10.5. The fourth-order valence-electron chi connectivity index (χ4n) is 1.29. The Balaban J connectivity index is 2.26. The van der Waals surface area contributed by atoms with E-state index in [1.165, 1.54) is 11.8 Å². The second kappa shape index (κ2) is 5.09. The summed E-state index contributed by atoms with van der Waals surface area (Å²) in [5.74, 6) is 1.53. The van der Waals surface area contributed by atoms with Crippen LogP contribution in [0.1, 0.15) is 11.5 Å². The molecule has 6 heteroatoms. The maximum absolute atomic E-state index is 4.34. The highest BCUT2D eigenvalue weighted by Gasteiger charge is 2.05. The van der Waals surface area contributed by atoms with Gasteiger partial charge in [0.25, 0.3) is 0 Å². The fourth-order valence-corrected chi connectivity index (χ4v) is 2.13. The average molecular weight is 247 g/mol. The van der Waals surface area contributed by atoms with Gasteiger partial charge in [0.05, 0.1) is 0 Å². The highest BCUT2D eigenvalue weighted by atomic mass is 32.2. The minimum absolute atomic E-state index is 0.699. The summed E-state index contributed by atoms with van der Waals surface area (Å²) in [6.45, 7) is 3.80. The molecule has 0 spiro atoms. The zero-order valence-electron chi connectivity index (χ0n) is 9.93. The van der Waals surface area contributed by atoms with Crippen molar-refractivity contribution in [1.29, 1.82) is 0 Å². The SMILES string of the molecule is CNc1cc(Sc2nccc(C)n2)nc(C)n1. The van der Waals surface area contributed by atoms with E-state index in [-0.39, 0.29) is 0 Å². The van der Waals surface area contributed by atoms with Crippen LogP contribution in [0.4, 0.5) is 5.82 Å². The summed E-state index contributed by atoms with van der Waals surface area (Å²) < 4.78 is 0. The zero-order chi connectivity index (χ0) is 12.3. The van der Waals surface area contributed by atoms with Crippen LogP contribution >= 0.6 is 11.8 Å². The molecular weight excluding hydrogens is 234 g/mol. The van der Waals surface area contributed by atoms with E-state index in [0.717, 1.165) is 22.4 Å². The van der Waals surface area contributed by atoms with Gasteiger partial charge in [-0.1, -0.05) is 0 Å². The predicted octanol–water partition coefficient (Wildman–Crippen LogP) is 2.08. The van der Waals surface area contributed by atoms with Crippen LogP contribution in [-0.4, -0.2) is 27.0 Å². The second-order valence-electron chi connectivity index (χ2n) is 3.47. The number of hydrogen-bond acceptors (Lipinski definition) is 6. The first-order valence-electron chi connectivity index (χ1n) is 5.18. The molecule has 0 aliphatic carbocycles. The molecule has 0 saturated heterocycles. The summed E-state index contributed by atoms with van der Waals surface area (Å²) in [6.07, 6.45) is 1.75. The minimum atomic E-state index is 0.699. The van der Waals surface area contributed by atoms with Crippen molar-refractivity contribution < 1.29 is 0 Å². The van der Waals surface area contributed by atoms with Gasteiger partial charge in [0.1, 0.15) is 16.7 Å². The highest BCUT2D eigenvalue weighted by Crippen LogP contribution is 2.24. The third-order valence-corrected chi connectivity index (χ3v) is 2.84. The molecule has 0 atom stereocenters. The van der Waals surface area contributed by atoms with E-state index in [2.05, 4.69) is 25.3 Å². The summed E-state index contributed by atoms with van der Waals surface area (Å²) in [4.78, 5) is 17.1. The van der Waals surface area contributed by atoms with Gasteiger partial charge in [-0.15, -0.1) is 0 Å². The van der Waals surface area contributed by atoms with Crippen molar-refractivity contribution in [3.8, 4) is 0 Å². The third-order valence-electron chi connectivity index (χ3n) is 2.04. The van der Waals surface area contributed by atoms with Gasteiger partial charge in [-0.05, 0) is 31.7 Å². The summed E-state index contributed by atoms with van der Waals surface area (Å²) >= 11 is 1.43. The number of anilines is 1. The molecule has 0 amide bonds. The van der Waals surface area contributed by atoms with Gasteiger partial charge in [-0.3, -0.25) is 0 Å². The van der Waals surface area contributed by atoms with Crippen molar-refractivity contribution in [2.75, 3.05) is 12.4 Å². The maximum atomic E-state index is 4.34. The molecule has 0 aromatic carbocycles. The lowest BCUT2D eigenvalue weighted by molar-refractivity contribution is 0.917. The molecular formula is C11H13N5S. The fraction of sp³-hybridized carbons (Fsp3) is 0.273. The van der Waals surface area contributed by atoms with E-state index in [9.17, 15) is 0 Å². The lowest BCUT2D eigenvalue weighted by Gasteiger charge is -2.04. The number of nitrogens with zero attached hydrogens (tertiary/aromatic N) is 4. The highest BCUT2D eigenvalue weighted by molar-refractivity contribution is 7.99. The summed E-state index contributed by atoms with van der Waals surface area (Å²) in [5.41, 5.74) is 0.946. The maximum Gasteiger partial charge on any atom is 0.194 e. The topological polar surface area (TPSA) is 63.6 Å². The number of aromatic nitrogens is 4. The van der Waals surface area contributed by atoms with Gasteiger partial charge in [0.15, 0.2) is 5.16 Å². The Hall–Kier alpha value is -1.69. The number of rotatable bonds is 3. The van der Waals surface area contributed by atoms with Gasteiger partial charge in [-0.25, -0.2) is 19.9 Å². The van der Waals surface area contributed by atoms with Crippen molar-refractivity contribution >= 4 is 17.6 Å². The standard InChI is InChI=1S/C11H13N5S/c1-7-4-5-13-11(14-7)17-10-6-9(12-3)15-8(2)16-10/h4-6H,1-3H3,(H,12,15,16). The molecule has 2 aromatic rings. The van der Waals surface area contributed by atoms with E-state index >= 15 is 0 Å². The molecule has 17 heavy (non-hydrogen) atoms. The smallest absolute Gasteiger partial charge is 0.194 e. The molecule has 5 nitrogen and oxygen atoms in total. The number of hydrogen-bond donors (Lipinski definition) is 1. The van der Waals surface area contributed by atoms with E-state index in [1.54, 1.807) is 6.20 Å². The predicted molar refractivity (Wildman–Crippen MR) is 67.2 cm³/mol. The van der Waals surface area contributed by atoms with Crippen LogP contribution in [0, 0.1) is 13.8 Å². The molecule has 0 radical (unpaired) electrons. The average Bonchev–Trinajstić information content (AvgIpc) is 2.28. The molecule has 2 heterocycles. The van der Waals surface area contributed by atoms with Crippen LogP contribution in [-0.2, 0) is 0 Å². The van der Waals surface area contributed by atoms with E-state index in [1.807, 2.05) is 33.0 Å². The van der Waals surface area contributed by atoms with Crippen molar-refractivity contribution in [1.82, 2.24) is 19.9 Å². The summed E-state index contributed by atoms with van der Waals surface area (Å²) in [7, 11) is 1.83. The Kier molecular flexibility index (Phi) is 3.53. The van der Waals surface area contributed by atoms with Crippen LogP contribution in [0.25, 0.3) is 0 Å². The van der Waals surface area contributed by atoms with Crippen LogP contribution < -0.4 is 5.32 Å². The minimum Gasteiger partial charge on any atom is -0.373 e. The molecule has 88 valence electrons. The van der Waals surface area contributed by atoms with E-state index < -0.39 is 0 Å². The molecule has 0 bridgehead atoms. The summed E-state index contributed by atoms with van der Waals surface area (Å²) in [5, 5.41) is 4.54. The van der Waals surface area contributed by atoms with E-state index in [4.69, 9.17) is 0 Å². The van der Waals surface area contributed by atoms with Crippen molar-refractivity contribution in [2.45, 2.75) is 24.0 Å². The first kappa shape index (κ1) is 11.8. The first-order chi connectivity index (χ1) is 8.17. The van der Waals surface area contributed by atoms with Crippen molar-refractivity contribution in [3.63, 3.8) is 0 Å². The molecule has 0 aliphatic rings. The summed E-state index contributed by atoms with van der Waals surface area (Å²) in [6, 6.07) is 3.75. The van der Waals surface area contributed by atoms with Gasteiger partial charge < -0.3 is 5.32 Å². The number of nitrogens with one attached hydrogen (secondary N) is 1. The Labute approximate surface area is 104 Å². The van der Waals surface area contributed by atoms with Gasteiger partial charge in [-0.2, -0.15) is 0 Å². The largest absolute Gasteiger partial charge is 0.373 e. The van der Waals surface area contributed by atoms with E-state index in [0.29, 0.717) is 5.16 Å². The molecule has 2 rings (SSSR count). The van der Waals surface area contributed by atoms with Crippen LogP contribution in [0.2, 0.25) is 0 Å². The quantitative estimate of drug-likeness (QED) is 0.661. The molecule has 2 aromatic heterocycles. The van der Waals surface area contributed by atoms with Crippen LogP contribution in [0.5, 0.6) is 0 Å². The van der Waals surface area contributed by atoms with Crippen molar-refractivity contribution in [2.24, 2.45) is 0 Å². The third kappa shape index (κ3) is 3.13. The van der Waals surface area contributed by atoms with Crippen LogP contribution in [0.3, 0.4) is 0 Å². The molecule has 1 N–H and O–H groups in total. The van der Waals surface area contributed by atoms with Crippen molar-refractivity contribution in [3.05, 3.63) is 29.8 Å². The Morgan fingerprint density at radius 1 is 1.18 bits per heavy atom. The molecule has 0 aliphatic heterocycles. The number of aryl methyl sites for hydroxylation is 2. The Morgan fingerprint density at radius 3 is 2.71 bits per heavy atom. The molecule has 0 unspecified atom stereocenters. The molecule has 0 saturated carbocycles. The normalized spacial score (nSPS) is 10.3. The Bertz CT molecular complexity index is 529. The van der Waals surface area contributed by atoms with Gasteiger partial charge >= 0.3 is 0 Å². The second-order valence-corrected chi connectivity index (χ2v) is 4.46. The Morgan fingerprint density at radius 2 is 2.00 bits per heavy atom. The molecule has 0 fully saturated rings. The monoisotopic (exact) mass is 247 g/mol.